The summed E-state index contributed by atoms with van der Waals surface area (Å²) in [6.45, 7) is 0.349. The Labute approximate surface area is 87.3 Å². The molecule has 1 aromatic heterocycles. The minimum absolute atomic E-state index is 0.00271. The topological polar surface area (TPSA) is 43.8 Å². The number of nitrogens with zero attached hydrogens (tertiary/aromatic N) is 2. The lowest BCUT2D eigenvalue weighted by atomic mass is 9.92. The molecule has 1 fully saturated rings. The fraction of sp³-hybridized carbons (Fsp3) is 0.700. The third kappa shape index (κ3) is 2.17. The largest absolute Gasteiger partial charge is 0.325 e. The average molecular weight is 215 g/mol. The van der Waals surface area contributed by atoms with Crippen molar-refractivity contribution in [2.75, 3.05) is 0 Å². The molecule has 1 atom stereocenters. The molecule has 0 saturated heterocycles. The maximum absolute atomic E-state index is 13.2. The summed E-state index contributed by atoms with van der Waals surface area (Å²) in [7, 11) is 0. The van der Waals surface area contributed by atoms with E-state index in [0.717, 1.165) is 12.1 Å². The van der Waals surface area contributed by atoms with Crippen molar-refractivity contribution in [3.05, 3.63) is 18.0 Å². The van der Waals surface area contributed by atoms with Crippen LogP contribution in [0.5, 0.6) is 0 Å². The van der Waals surface area contributed by atoms with Crippen LogP contribution in [0.1, 0.15) is 37.4 Å². The Morgan fingerprint density at radius 1 is 1.60 bits per heavy atom. The summed E-state index contributed by atoms with van der Waals surface area (Å²) in [6, 6.07) is 1.59. The summed E-state index contributed by atoms with van der Waals surface area (Å²) >= 11 is 0. The van der Waals surface area contributed by atoms with E-state index in [-0.39, 0.29) is 18.9 Å². The number of alkyl halides is 2. The van der Waals surface area contributed by atoms with Crippen LogP contribution in [-0.2, 0) is 6.54 Å². The zero-order chi connectivity index (χ0) is 10.9. The van der Waals surface area contributed by atoms with Crippen LogP contribution in [0.4, 0.5) is 8.78 Å². The second-order valence-corrected chi connectivity index (χ2v) is 4.08. The molecule has 2 rings (SSSR count). The van der Waals surface area contributed by atoms with Gasteiger partial charge in [0.05, 0.1) is 11.7 Å². The van der Waals surface area contributed by atoms with Gasteiger partial charge in [0.15, 0.2) is 0 Å². The molecule has 1 aromatic rings. The van der Waals surface area contributed by atoms with Crippen molar-refractivity contribution in [1.29, 1.82) is 0 Å². The monoisotopic (exact) mass is 215 g/mol. The van der Waals surface area contributed by atoms with E-state index in [2.05, 4.69) is 5.10 Å². The maximum Gasteiger partial charge on any atom is 0.250 e. The Morgan fingerprint density at radius 2 is 2.40 bits per heavy atom. The number of nitrogens with two attached hydrogens (primary N) is 1. The van der Waals surface area contributed by atoms with Gasteiger partial charge in [-0.05, 0) is 18.9 Å². The minimum Gasteiger partial charge on any atom is -0.325 e. The highest BCUT2D eigenvalue weighted by Crippen LogP contribution is 2.39. The highest BCUT2D eigenvalue weighted by molar-refractivity contribution is 5.02. The van der Waals surface area contributed by atoms with Gasteiger partial charge < -0.3 is 5.73 Å². The van der Waals surface area contributed by atoms with Gasteiger partial charge >= 0.3 is 0 Å². The van der Waals surface area contributed by atoms with Crippen LogP contribution in [0.3, 0.4) is 0 Å². The lowest BCUT2D eigenvalue weighted by molar-refractivity contribution is -0.0515. The third-order valence-corrected chi connectivity index (χ3v) is 2.92. The Balaban J connectivity index is 2.17. The first-order chi connectivity index (χ1) is 7.12. The van der Waals surface area contributed by atoms with Crippen molar-refractivity contribution in [1.82, 2.24) is 9.78 Å². The number of halogens is 2. The zero-order valence-electron chi connectivity index (χ0n) is 8.50. The summed E-state index contributed by atoms with van der Waals surface area (Å²) in [6.07, 6.45) is 2.84. The van der Waals surface area contributed by atoms with Crippen LogP contribution in [-0.4, -0.2) is 15.7 Å². The Bertz CT molecular complexity index is 335. The van der Waals surface area contributed by atoms with Gasteiger partial charge in [-0.15, -0.1) is 0 Å². The van der Waals surface area contributed by atoms with Crippen LogP contribution in [0.25, 0.3) is 0 Å². The summed E-state index contributed by atoms with van der Waals surface area (Å²) in [5.41, 5.74) is 6.35. The first kappa shape index (κ1) is 10.5. The molecule has 0 amide bonds. The Morgan fingerprint density at radius 3 is 3.07 bits per heavy atom. The van der Waals surface area contributed by atoms with Crippen molar-refractivity contribution in [2.24, 2.45) is 5.73 Å². The first-order valence-electron chi connectivity index (χ1n) is 5.23. The third-order valence-electron chi connectivity index (χ3n) is 2.92. The van der Waals surface area contributed by atoms with Gasteiger partial charge in [0.25, 0.3) is 0 Å². The van der Waals surface area contributed by atoms with E-state index in [1.165, 1.54) is 0 Å². The van der Waals surface area contributed by atoms with Crippen molar-refractivity contribution in [2.45, 2.75) is 44.2 Å². The quantitative estimate of drug-likeness (QED) is 0.821. The normalized spacial score (nSPS) is 25.4. The lowest BCUT2D eigenvalue weighted by Crippen LogP contribution is -2.29. The predicted molar refractivity (Wildman–Crippen MR) is 52.6 cm³/mol. The number of aromatic nitrogens is 2. The average Bonchev–Trinajstić information content (AvgIpc) is 2.63. The van der Waals surface area contributed by atoms with Gasteiger partial charge in [0.1, 0.15) is 0 Å². The van der Waals surface area contributed by atoms with Crippen LogP contribution in [0.15, 0.2) is 12.3 Å². The van der Waals surface area contributed by atoms with Crippen LogP contribution >= 0.6 is 0 Å². The molecule has 5 heteroatoms. The fourth-order valence-corrected chi connectivity index (χ4v) is 2.19. The van der Waals surface area contributed by atoms with E-state index in [9.17, 15) is 8.78 Å². The molecule has 0 radical (unpaired) electrons. The number of rotatable bonds is 2. The molecule has 15 heavy (non-hydrogen) atoms. The second kappa shape index (κ2) is 3.89. The minimum atomic E-state index is -2.54. The van der Waals surface area contributed by atoms with Crippen molar-refractivity contribution < 1.29 is 8.78 Å². The van der Waals surface area contributed by atoms with Gasteiger partial charge in [0.2, 0.25) is 5.92 Å². The number of hydrogen-bond donors (Lipinski definition) is 1. The Hall–Kier alpha value is -0.970. The molecule has 0 spiro atoms. The summed E-state index contributed by atoms with van der Waals surface area (Å²) in [5.74, 6) is -2.54. The molecule has 1 aliphatic carbocycles. The van der Waals surface area contributed by atoms with Crippen molar-refractivity contribution in [3.8, 4) is 0 Å². The van der Waals surface area contributed by atoms with Crippen LogP contribution < -0.4 is 5.73 Å². The highest BCUT2D eigenvalue weighted by Gasteiger charge is 2.37. The fourth-order valence-electron chi connectivity index (χ4n) is 2.19. The summed E-state index contributed by atoms with van der Waals surface area (Å²) in [4.78, 5) is 0. The van der Waals surface area contributed by atoms with Crippen LogP contribution in [0.2, 0.25) is 0 Å². The summed E-state index contributed by atoms with van der Waals surface area (Å²) < 4.78 is 28.1. The van der Waals surface area contributed by atoms with E-state index in [4.69, 9.17) is 5.73 Å². The zero-order valence-corrected chi connectivity index (χ0v) is 8.50. The molecular weight excluding hydrogens is 200 g/mol. The van der Waals surface area contributed by atoms with E-state index >= 15 is 0 Å². The molecule has 0 bridgehead atoms. The first-order valence-corrected chi connectivity index (χ1v) is 5.23. The molecular formula is C10H15F2N3. The van der Waals surface area contributed by atoms with Crippen molar-refractivity contribution in [3.63, 3.8) is 0 Å². The van der Waals surface area contributed by atoms with E-state index < -0.39 is 5.92 Å². The standard InChI is InChI=1S/C10H15F2N3/c11-10(12)4-1-2-8(6-10)15-9(7-13)3-5-14-15/h3,5,8H,1-2,4,6-7,13H2. The maximum atomic E-state index is 13.2. The van der Waals surface area contributed by atoms with Gasteiger partial charge in [-0.2, -0.15) is 5.10 Å². The molecule has 1 heterocycles. The highest BCUT2D eigenvalue weighted by atomic mass is 19.3. The predicted octanol–water partition coefficient (Wildman–Crippen LogP) is 2.09. The number of hydrogen-bond acceptors (Lipinski definition) is 2. The molecule has 1 aliphatic rings. The molecule has 1 saturated carbocycles. The molecule has 0 aliphatic heterocycles. The van der Waals surface area contributed by atoms with Crippen molar-refractivity contribution >= 4 is 0 Å². The summed E-state index contributed by atoms with van der Waals surface area (Å²) in [5, 5.41) is 4.08. The van der Waals surface area contributed by atoms with E-state index in [1.807, 2.05) is 0 Å². The van der Waals surface area contributed by atoms with Gasteiger partial charge in [-0.3, -0.25) is 4.68 Å². The molecule has 0 aromatic carbocycles. The molecule has 1 unspecified atom stereocenters. The smallest absolute Gasteiger partial charge is 0.250 e. The Kier molecular flexibility index (Phi) is 2.73. The van der Waals surface area contributed by atoms with Gasteiger partial charge in [-0.1, -0.05) is 0 Å². The van der Waals surface area contributed by atoms with Gasteiger partial charge in [-0.25, -0.2) is 8.78 Å². The van der Waals surface area contributed by atoms with E-state index in [0.29, 0.717) is 13.0 Å². The second-order valence-electron chi connectivity index (χ2n) is 4.08. The molecule has 2 N–H and O–H groups in total. The van der Waals surface area contributed by atoms with Crippen LogP contribution in [0, 0.1) is 0 Å². The SMILES string of the molecule is NCc1ccnn1C1CCCC(F)(F)C1. The molecule has 3 nitrogen and oxygen atoms in total. The van der Waals surface area contributed by atoms with Gasteiger partial charge in [0, 0.05) is 25.6 Å². The van der Waals surface area contributed by atoms with E-state index in [1.54, 1.807) is 16.9 Å². The molecule has 84 valence electrons. The lowest BCUT2D eigenvalue weighted by Gasteiger charge is -2.29.